The third-order valence-electron chi connectivity index (χ3n) is 6.23. The number of ether oxygens (including phenoxy) is 1. The van der Waals surface area contributed by atoms with Crippen LogP contribution in [0.15, 0.2) is 114 Å². The van der Waals surface area contributed by atoms with Crippen LogP contribution < -0.4 is 14.5 Å². The Labute approximate surface area is 227 Å². The van der Waals surface area contributed by atoms with Gasteiger partial charge in [0.2, 0.25) is 10.0 Å². The number of rotatable bonds is 9. The van der Waals surface area contributed by atoms with Crippen molar-refractivity contribution < 1.29 is 17.9 Å². The van der Waals surface area contributed by atoms with Gasteiger partial charge in [-0.15, -0.1) is 0 Å². The molecule has 0 bridgehead atoms. The Bertz CT molecular complexity index is 1760. The van der Waals surface area contributed by atoms with E-state index >= 15 is 0 Å². The minimum absolute atomic E-state index is 0.397. The van der Waals surface area contributed by atoms with E-state index in [1.807, 2.05) is 66.7 Å². The van der Waals surface area contributed by atoms with E-state index in [4.69, 9.17) is 4.74 Å². The Balaban J connectivity index is 1.18. The van der Waals surface area contributed by atoms with Crippen molar-refractivity contribution in [3.05, 3.63) is 120 Å². The highest BCUT2D eigenvalue weighted by Crippen LogP contribution is 2.28. The van der Waals surface area contributed by atoms with Gasteiger partial charge in [-0.3, -0.25) is 9.10 Å². The quantitative estimate of drug-likeness (QED) is 0.199. The summed E-state index contributed by atoms with van der Waals surface area (Å²) in [4.78, 5) is 12.6. The van der Waals surface area contributed by atoms with E-state index in [0.29, 0.717) is 18.0 Å². The van der Waals surface area contributed by atoms with Crippen molar-refractivity contribution in [1.29, 1.82) is 0 Å². The summed E-state index contributed by atoms with van der Waals surface area (Å²) in [6, 6.07) is 34.5. The van der Waals surface area contributed by atoms with Crippen LogP contribution in [0.2, 0.25) is 0 Å². The summed E-state index contributed by atoms with van der Waals surface area (Å²) in [5, 5.41) is 7.98. The lowest BCUT2D eigenvalue weighted by Gasteiger charge is -2.23. The lowest BCUT2D eigenvalue weighted by atomic mass is 10.1. The van der Waals surface area contributed by atoms with E-state index in [-0.39, 0.29) is 0 Å². The number of fused-ring (bicyclic) bond motifs is 2. The van der Waals surface area contributed by atoms with Gasteiger partial charge < -0.3 is 4.74 Å². The highest BCUT2D eigenvalue weighted by molar-refractivity contribution is 7.92. The molecular formula is C31H27N3O4S. The summed E-state index contributed by atoms with van der Waals surface area (Å²) < 4.78 is 32.1. The van der Waals surface area contributed by atoms with E-state index in [9.17, 15) is 13.2 Å². The Morgan fingerprint density at radius 2 is 1.54 bits per heavy atom. The molecular weight excluding hydrogens is 510 g/mol. The average molecular weight is 538 g/mol. The fourth-order valence-corrected chi connectivity index (χ4v) is 5.17. The number of amides is 1. The molecule has 0 aliphatic heterocycles. The second kappa shape index (κ2) is 11.4. The Kier molecular flexibility index (Phi) is 7.56. The van der Waals surface area contributed by atoms with E-state index in [1.54, 1.807) is 12.1 Å². The summed E-state index contributed by atoms with van der Waals surface area (Å²) >= 11 is 0. The Hall–Kier alpha value is -4.69. The van der Waals surface area contributed by atoms with Gasteiger partial charge in [0, 0.05) is 5.39 Å². The number of carbonyl (C=O) groups excluding carboxylic acids is 1. The van der Waals surface area contributed by atoms with E-state index in [0.717, 1.165) is 32.5 Å². The molecule has 1 N–H and O–H groups in total. The maximum atomic E-state index is 12.6. The predicted octanol–water partition coefficient (Wildman–Crippen LogP) is 5.49. The summed E-state index contributed by atoms with van der Waals surface area (Å²) in [5.74, 6) is 0.156. The van der Waals surface area contributed by atoms with Gasteiger partial charge in [0.1, 0.15) is 18.9 Å². The first-order chi connectivity index (χ1) is 18.9. The van der Waals surface area contributed by atoms with Crippen molar-refractivity contribution >= 4 is 49.4 Å². The first kappa shape index (κ1) is 25.9. The molecule has 0 aliphatic rings. The number of nitrogens with zero attached hydrogens (tertiary/aromatic N) is 2. The molecule has 5 aromatic carbocycles. The molecule has 0 spiro atoms. The van der Waals surface area contributed by atoms with Crippen LogP contribution in [0.25, 0.3) is 21.5 Å². The summed E-state index contributed by atoms with van der Waals surface area (Å²) in [7, 11) is -3.72. The minimum atomic E-state index is -3.72. The van der Waals surface area contributed by atoms with Gasteiger partial charge in [0.15, 0.2) is 0 Å². The zero-order valence-electron chi connectivity index (χ0n) is 21.3. The van der Waals surface area contributed by atoms with Gasteiger partial charge in [-0.05, 0) is 63.7 Å². The molecule has 0 aliphatic carbocycles. The van der Waals surface area contributed by atoms with Gasteiger partial charge in [0.25, 0.3) is 5.91 Å². The number of benzene rings is 5. The standard InChI is InChI=1S/C31H27N3O4S/c1-39(36,37)34(30-12-6-10-26-8-4-5-11-29(26)30)21-31(35)33-32-20-23-14-17-28(18-15-23)38-22-24-13-16-25-7-2-3-9-27(25)19-24/h2-20H,21-22H2,1H3,(H,33,35)/b32-20-. The van der Waals surface area contributed by atoms with Crippen LogP contribution in [0.3, 0.4) is 0 Å². The lowest BCUT2D eigenvalue weighted by molar-refractivity contribution is -0.119. The van der Waals surface area contributed by atoms with E-state index in [2.05, 4.69) is 40.9 Å². The van der Waals surface area contributed by atoms with Crippen molar-refractivity contribution in [1.82, 2.24) is 5.43 Å². The van der Waals surface area contributed by atoms with Crippen molar-refractivity contribution in [2.75, 3.05) is 17.1 Å². The normalized spacial score (nSPS) is 11.6. The molecule has 8 heteroatoms. The monoisotopic (exact) mass is 537 g/mol. The molecule has 5 rings (SSSR count). The molecule has 0 unspecified atom stereocenters. The van der Waals surface area contributed by atoms with Crippen molar-refractivity contribution in [3.63, 3.8) is 0 Å². The third kappa shape index (κ3) is 6.42. The Morgan fingerprint density at radius 1 is 0.846 bits per heavy atom. The first-order valence-electron chi connectivity index (χ1n) is 12.3. The fraction of sp³-hybridized carbons (Fsp3) is 0.0968. The van der Waals surface area contributed by atoms with Crippen LogP contribution in [0, 0.1) is 0 Å². The van der Waals surface area contributed by atoms with Crippen LogP contribution in [0.1, 0.15) is 11.1 Å². The van der Waals surface area contributed by atoms with Gasteiger partial charge in [-0.1, -0.05) is 72.8 Å². The zero-order valence-corrected chi connectivity index (χ0v) is 22.1. The smallest absolute Gasteiger partial charge is 0.260 e. The van der Waals surface area contributed by atoms with Crippen LogP contribution >= 0.6 is 0 Å². The number of hydrazone groups is 1. The molecule has 0 saturated heterocycles. The topological polar surface area (TPSA) is 88.1 Å². The highest BCUT2D eigenvalue weighted by Gasteiger charge is 2.22. The molecule has 0 heterocycles. The molecule has 1 amide bonds. The molecule has 5 aromatic rings. The number of carbonyl (C=O) groups is 1. The second-order valence-electron chi connectivity index (χ2n) is 9.10. The number of sulfonamides is 1. The Morgan fingerprint density at radius 3 is 2.31 bits per heavy atom. The molecule has 7 nitrogen and oxygen atoms in total. The SMILES string of the molecule is CS(=O)(=O)N(CC(=O)N/N=C\c1ccc(OCc2ccc3ccccc3c2)cc1)c1cccc2ccccc12. The molecule has 39 heavy (non-hydrogen) atoms. The molecule has 0 atom stereocenters. The van der Waals surface area contributed by atoms with Crippen molar-refractivity contribution in [2.24, 2.45) is 5.10 Å². The summed E-state index contributed by atoms with van der Waals surface area (Å²) in [6.45, 7) is 0.0492. The third-order valence-corrected chi connectivity index (χ3v) is 7.35. The average Bonchev–Trinajstić information content (AvgIpc) is 2.94. The summed E-state index contributed by atoms with van der Waals surface area (Å²) in [5.41, 5.74) is 4.69. The summed E-state index contributed by atoms with van der Waals surface area (Å²) in [6.07, 6.45) is 2.57. The fourth-order valence-electron chi connectivity index (χ4n) is 4.30. The van der Waals surface area contributed by atoms with Crippen molar-refractivity contribution in [2.45, 2.75) is 6.61 Å². The second-order valence-corrected chi connectivity index (χ2v) is 11.0. The number of hydrogen-bond donors (Lipinski definition) is 1. The van der Waals surface area contributed by atoms with Crippen LogP contribution in [-0.4, -0.2) is 33.3 Å². The van der Waals surface area contributed by atoms with Crippen LogP contribution in [-0.2, 0) is 21.4 Å². The van der Waals surface area contributed by atoms with Gasteiger partial charge in [0.05, 0.1) is 18.2 Å². The largest absolute Gasteiger partial charge is 0.489 e. The molecule has 0 aromatic heterocycles. The highest BCUT2D eigenvalue weighted by atomic mass is 32.2. The molecule has 196 valence electrons. The van der Waals surface area contributed by atoms with E-state index < -0.39 is 22.5 Å². The van der Waals surface area contributed by atoms with Gasteiger partial charge >= 0.3 is 0 Å². The van der Waals surface area contributed by atoms with Gasteiger partial charge in [-0.25, -0.2) is 13.8 Å². The van der Waals surface area contributed by atoms with Crippen LogP contribution in [0.5, 0.6) is 5.75 Å². The first-order valence-corrected chi connectivity index (χ1v) is 14.2. The number of nitrogens with one attached hydrogen (secondary N) is 1. The number of anilines is 1. The van der Waals surface area contributed by atoms with Gasteiger partial charge in [-0.2, -0.15) is 5.10 Å². The van der Waals surface area contributed by atoms with Crippen LogP contribution in [0.4, 0.5) is 5.69 Å². The number of hydrogen-bond acceptors (Lipinski definition) is 5. The predicted molar refractivity (Wildman–Crippen MR) is 157 cm³/mol. The maximum Gasteiger partial charge on any atom is 0.260 e. The van der Waals surface area contributed by atoms with E-state index in [1.165, 1.54) is 17.0 Å². The van der Waals surface area contributed by atoms with Crippen molar-refractivity contribution in [3.8, 4) is 5.75 Å². The molecule has 0 radical (unpaired) electrons. The zero-order chi connectivity index (χ0) is 27.2. The minimum Gasteiger partial charge on any atom is -0.489 e. The maximum absolute atomic E-state index is 12.6. The molecule has 0 saturated carbocycles. The molecule has 0 fully saturated rings. The lowest BCUT2D eigenvalue weighted by Crippen LogP contribution is -2.39.